The maximum atomic E-state index is 2.35. The minimum atomic E-state index is 1.20. The van der Waals surface area contributed by atoms with Crippen LogP contribution in [0.15, 0.2) is 10.8 Å². The smallest absolute Gasteiger partial charge is 0.00584 e. The summed E-state index contributed by atoms with van der Waals surface area (Å²) >= 11 is 1.87. The van der Waals surface area contributed by atoms with E-state index in [4.69, 9.17) is 0 Å². The molecule has 1 rings (SSSR count). The monoisotopic (exact) mass is 266 g/mol. The van der Waals surface area contributed by atoms with Gasteiger partial charge in [-0.3, -0.25) is 0 Å². The molecular formula is C17H30S. The van der Waals surface area contributed by atoms with E-state index < -0.39 is 0 Å². The molecule has 1 aromatic rings. The van der Waals surface area contributed by atoms with Crippen LogP contribution in [-0.2, 0) is 12.8 Å². The van der Waals surface area contributed by atoms with E-state index in [0.29, 0.717) is 0 Å². The summed E-state index contributed by atoms with van der Waals surface area (Å²) in [7, 11) is 0. The molecule has 0 atom stereocenters. The van der Waals surface area contributed by atoms with E-state index in [-0.39, 0.29) is 0 Å². The summed E-state index contributed by atoms with van der Waals surface area (Å²) < 4.78 is 0. The van der Waals surface area contributed by atoms with Gasteiger partial charge in [0.05, 0.1) is 0 Å². The van der Waals surface area contributed by atoms with Crippen molar-refractivity contribution in [2.75, 3.05) is 0 Å². The molecule has 0 aromatic carbocycles. The Balaban J connectivity index is 1.92. The fourth-order valence-corrected chi connectivity index (χ4v) is 3.49. The number of hydrogen-bond donors (Lipinski definition) is 0. The second-order valence-corrected chi connectivity index (χ2v) is 6.10. The summed E-state index contributed by atoms with van der Waals surface area (Å²) in [6.07, 6.45) is 15.4. The van der Waals surface area contributed by atoms with Crippen LogP contribution in [0.4, 0.5) is 0 Å². The summed E-state index contributed by atoms with van der Waals surface area (Å²) in [5, 5.41) is 4.67. The molecule has 0 fully saturated rings. The number of thiophene rings is 1. The Bertz CT molecular complexity index is 288. The SMILES string of the molecule is CCCCCCCCCCCc1cscc1CC. The lowest BCUT2D eigenvalue weighted by atomic mass is 10.0. The lowest BCUT2D eigenvalue weighted by Gasteiger charge is -2.03. The Morgan fingerprint density at radius 3 is 1.89 bits per heavy atom. The quantitative estimate of drug-likeness (QED) is 0.407. The van der Waals surface area contributed by atoms with Crippen LogP contribution in [0.3, 0.4) is 0 Å². The molecule has 0 saturated heterocycles. The van der Waals surface area contributed by atoms with E-state index in [1.165, 1.54) is 70.6 Å². The fraction of sp³-hybridized carbons (Fsp3) is 0.765. The van der Waals surface area contributed by atoms with Crippen LogP contribution in [0, 0.1) is 0 Å². The Kier molecular flexibility index (Phi) is 9.28. The molecular weight excluding hydrogens is 236 g/mol. The predicted octanol–water partition coefficient (Wildman–Crippen LogP) is 6.38. The van der Waals surface area contributed by atoms with Gasteiger partial charge in [-0.15, -0.1) is 0 Å². The van der Waals surface area contributed by atoms with Gasteiger partial charge in [0.1, 0.15) is 0 Å². The fourth-order valence-electron chi connectivity index (χ4n) is 2.51. The molecule has 0 spiro atoms. The largest absolute Gasteiger partial charge is 0.152 e. The average Bonchev–Trinajstić information content (AvgIpc) is 2.84. The summed E-state index contributed by atoms with van der Waals surface area (Å²) in [5.74, 6) is 0. The van der Waals surface area contributed by atoms with Gasteiger partial charge in [-0.05, 0) is 41.1 Å². The molecule has 1 heteroatoms. The highest BCUT2D eigenvalue weighted by atomic mass is 32.1. The number of aryl methyl sites for hydroxylation is 2. The second kappa shape index (κ2) is 10.6. The molecule has 0 amide bonds. The summed E-state index contributed by atoms with van der Waals surface area (Å²) in [4.78, 5) is 0. The first-order chi connectivity index (χ1) is 8.88. The molecule has 0 bridgehead atoms. The van der Waals surface area contributed by atoms with Crippen molar-refractivity contribution in [1.29, 1.82) is 0 Å². The Morgan fingerprint density at radius 2 is 1.28 bits per heavy atom. The van der Waals surface area contributed by atoms with Crippen LogP contribution in [0.5, 0.6) is 0 Å². The third-order valence-corrected chi connectivity index (χ3v) is 4.60. The zero-order valence-electron chi connectivity index (χ0n) is 12.3. The summed E-state index contributed by atoms with van der Waals surface area (Å²) in [6, 6.07) is 0. The van der Waals surface area contributed by atoms with Crippen molar-refractivity contribution in [2.45, 2.75) is 84.5 Å². The van der Waals surface area contributed by atoms with E-state index in [0.717, 1.165) is 0 Å². The first-order valence-corrected chi connectivity index (χ1v) is 8.86. The normalized spacial score (nSPS) is 11.0. The van der Waals surface area contributed by atoms with Crippen LogP contribution in [0.2, 0.25) is 0 Å². The van der Waals surface area contributed by atoms with Gasteiger partial charge in [0, 0.05) is 0 Å². The maximum Gasteiger partial charge on any atom is -0.00584 e. The zero-order valence-corrected chi connectivity index (χ0v) is 13.2. The predicted molar refractivity (Wildman–Crippen MR) is 84.6 cm³/mol. The molecule has 0 N–H and O–H groups in total. The zero-order chi connectivity index (χ0) is 13.1. The van der Waals surface area contributed by atoms with Crippen LogP contribution in [0.1, 0.15) is 82.8 Å². The van der Waals surface area contributed by atoms with Gasteiger partial charge in [0.2, 0.25) is 0 Å². The summed E-state index contributed by atoms with van der Waals surface area (Å²) in [6.45, 7) is 4.55. The number of rotatable bonds is 11. The van der Waals surface area contributed by atoms with Gasteiger partial charge < -0.3 is 0 Å². The highest BCUT2D eigenvalue weighted by molar-refractivity contribution is 7.08. The van der Waals surface area contributed by atoms with E-state index in [1.807, 2.05) is 11.3 Å². The van der Waals surface area contributed by atoms with Gasteiger partial charge in [0.25, 0.3) is 0 Å². The molecule has 1 aromatic heterocycles. The molecule has 0 nitrogen and oxygen atoms in total. The third kappa shape index (κ3) is 6.58. The van der Waals surface area contributed by atoms with Gasteiger partial charge >= 0.3 is 0 Å². The van der Waals surface area contributed by atoms with Crippen LogP contribution < -0.4 is 0 Å². The Morgan fingerprint density at radius 1 is 0.722 bits per heavy atom. The molecule has 0 aliphatic carbocycles. The van der Waals surface area contributed by atoms with Crippen LogP contribution >= 0.6 is 11.3 Å². The molecule has 0 aliphatic rings. The molecule has 104 valence electrons. The lowest BCUT2D eigenvalue weighted by Crippen LogP contribution is -1.89. The molecule has 0 saturated carbocycles. The molecule has 18 heavy (non-hydrogen) atoms. The van der Waals surface area contributed by atoms with Crippen LogP contribution in [-0.4, -0.2) is 0 Å². The van der Waals surface area contributed by atoms with Crippen molar-refractivity contribution in [3.63, 3.8) is 0 Å². The van der Waals surface area contributed by atoms with E-state index in [2.05, 4.69) is 24.6 Å². The standard InChI is InChI=1S/C17H30S/c1-3-5-6-7-8-9-10-11-12-13-17-15-18-14-16(17)4-2/h14-15H,3-13H2,1-2H3. The van der Waals surface area contributed by atoms with Crippen molar-refractivity contribution in [2.24, 2.45) is 0 Å². The second-order valence-electron chi connectivity index (χ2n) is 5.35. The topological polar surface area (TPSA) is 0 Å². The van der Waals surface area contributed by atoms with Gasteiger partial charge in [-0.2, -0.15) is 11.3 Å². The minimum absolute atomic E-state index is 1.20. The molecule has 1 heterocycles. The first kappa shape index (κ1) is 15.8. The van der Waals surface area contributed by atoms with E-state index >= 15 is 0 Å². The van der Waals surface area contributed by atoms with Crippen molar-refractivity contribution in [3.05, 3.63) is 21.9 Å². The van der Waals surface area contributed by atoms with Crippen molar-refractivity contribution >= 4 is 11.3 Å². The third-order valence-electron chi connectivity index (χ3n) is 3.76. The van der Waals surface area contributed by atoms with Crippen LogP contribution in [0.25, 0.3) is 0 Å². The van der Waals surface area contributed by atoms with Crippen molar-refractivity contribution in [3.8, 4) is 0 Å². The van der Waals surface area contributed by atoms with E-state index in [9.17, 15) is 0 Å². The highest BCUT2D eigenvalue weighted by Gasteiger charge is 2.01. The highest BCUT2D eigenvalue weighted by Crippen LogP contribution is 2.19. The minimum Gasteiger partial charge on any atom is -0.152 e. The van der Waals surface area contributed by atoms with Gasteiger partial charge in [-0.25, -0.2) is 0 Å². The Labute approximate surface area is 118 Å². The summed E-state index contributed by atoms with van der Waals surface area (Å²) in [5.41, 5.74) is 3.20. The van der Waals surface area contributed by atoms with Crippen molar-refractivity contribution < 1.29 is 0 Å². The number of unbranched alkanes of at least 4 members (excludes halogenated alkanes) is 8. The first-order valence-electron chi connectivity index (χ1n) is 7.92. The van der Waals surface area contributed by atoms with Gasteiger partial charge in [0.15, 0.2) is 0 Å². The van der Waals surface area contributed by atoms with E-state index in [1.54, 1.807) is 11.1 Å². The number of hydrogen-bond acceptors (Lipinski definition) is 1. The maximum absolute atomic E-state index is 2.35. The average molecular weight is 266 g/mol. The van der Waals surface area contributed by atoms with Gasteiger partial charge in [-0.1, -0.05) is 65.2 Å². The molecule has 0 unspecified atom stereocenters. The van der Waals surface area contributed by atoms with Crippen molar-refractivity contribution in [1.82, 2.24) is 0 Å². The molecule has 0 radical (unpaired) electrons. The lowest BCUT2D eigenvalue weighted by molar-refractivity contribution is 0.564. The molecule has 0 aliphatic heterocycles. The Hall–Kier alpha value is -0.300.